The topological polar surface area (TPSA) is 148 Å². The van der Waals surface area contributed by atoms with Crippen LogP contribution in [0.4, 0.5) is 0 Å². The lowest BCUT2D eigenvalue weighted by atomic mass is 9.89. The van der Waals surface area contributed by atoms with Crippen LogP contribution in [0.2, 0.25) is 0 Å². The molecule has 8 nitrogen and oxygen atoms in total. The number of thiazole rings is 1. The molecular formula is C17H20N2O6S3. The second kappa shape index (κ2) is 6.63. The number of allylic oxidation sites excluding steroid dienone is 3. The molecule has 0 radical (unpaired) electrons. The van der Waals surface area contributed by atoms with Crippen molar-refractivity contribution in [3.63, 3.8) is 0 Å². The molecule has 1 heterocycles. The number of fused-ring (bicyclic) bond motifs is 1. The summed E-state index contributed by atoms with van der Waals surface area (Å²) in [5.74, 6) is -0.657. The van der Waals surface area contributed by atoms with Crippen LogP contribution in [0.3, 0.4) is 0 Å². The predicted octanol–water partition coefficient (Wildman–Crippen LogP) is 0.658. The van der Waals surface area contributed by atoms with Gasteiger partial charge in [-0.05, 0) is 37.5 Å². The summed E-state index contributed by atoms with van der Waals surface area (Å²) in [5.41, 5.74) is 6.15. The van der Waals surface area contributed by atoms with E-state index in [0.717, 1.165) is 0 Å². The largest absolute Gasteiger partial charge is 0.398 e. The van der Waals surface area contributed by atoms with Crippen molar-refractivity contribution in [2.24, 2.45) is 11.7 Å². The van der Waals surface area contributed by atoms with Crippen LogP contribution in [0, 0.1) is 5.92 Å². The SMILES string of the molecule is CC1=CC=c2nc(C3C=C(S(=O)(=O)O)C(N)=CC3C)sc2=CC1(C)S(=O)(=O)O. The van der Waals surface area contributed by atoms with Gasteiger partial charge in [-0.2, -0.15) is 16.8 Å². The van der Waals surface area contributed by atoms with E-state index in [4.69, 9.17) is 5.73 Å². The highest BCUT2D eigenvalue weighted by molar-refractivity contribution is 7.90. The van der Waals surface area contributed by atoms with Crippen molar-refractivity contribution in [2.75, 3.05) is 0 Å². The summed E-state index contributed by atoms with van der Waals surface area (Å²) in [4.78, 5) is 4.16. The molecule has 1 aromatic rings. The molecule has 28 heavy (non-hydrogen) atoms. The lowest BCUT2D eigenvalue weighted by molar-refractivity contribution is 0.466. The molecule has 11 heteroatoms. The minimum absolute atomic E-state index is 0.0278. The van der Waals surface area contributed by atoms with Gasteiger partial charge in [-0.3, -0.25) is 9.11 Å². The first kappa shape index (κ1) is 20.9. The smallest absolute Gasteiger partial charge is 0.296 e. The first-order valence-corrected chi connectivity index (χ1v) is 12.0. The van der Waals surface area contributed by atoms with E-state index in [1.807, 2.05) is 6.92 Å². The van der Waals surface area contributed by atoms with Gasteiger partial charge in [0.1, 0.15) is 14.7 Å². The van der Waals surface area contributed by atoms with Crippen LogP contribution >= 0.6 is 11.3 Å². The van der Waals surface area contributed by atoms with Crippen LogP contribution < -0.4 is 15.6 Å². The van der Waals surface area contributed by atoms with Gasteiger partial charge in [0.2, 0.25) is 0 Å². The average Bonchev–Trinajstić information content (AvgIpc) is 2.87. The summed E-state index contributed by atoms with van der Waals surface area (Å²) in [5, 5.41) is 1.06. The summed E-state index contributed by atoms with van der Waals surface area (Å²) in [7, 11) is -8.90. The summed E-state index contributed by atoms with van der Waals surface area (Å²) < 4.78 is 65.2. The Hall–Kier alpha value is -1.79. The minimum Gasteiger partial charge on any atom is -0.398 e. The van der Waals surface area contributed by atoms with E-state index in [-0.39, 0.29) is 16.5 Å². The second-order valence-electron chi connectivity index (χ2n) is 7.06. The Morgan fingerprint density at radius 1 is 1.18 bits per heavy atom. The van der Waals surface area contributed by atoms with Crippen LogP contribution in [-0.4, -0.2) is 35.7 Å². The highest BCUT2D eigenvalue weighted by Gasteiger charge is 2.38. The molecule has 1 aromatic heterocycles. The molecule has 3 atom stereocenters. The van der Waals surface area contributed by atoms with Crippen molar-refractivity contribution in [2.45, 2.75) is 31.4 Å². The minimum atomic E-state index is -4.49. The fraction of sp³-hybridized carbons (Fsp3) is 0.353. The predicted molar refractivity (Wildman–Crippen MR) is 108 cm³/mol. The molecule has 3 unspecified atom stereocenters. The Labute approximate surface area is 167 Å². The number of nitrogens with two attached hydrogens (primary N) is 1. The van der Waals surface area contributed by atoms with E-state index >= 15 is 0 Å². The maximum absolute atomic E-state index is 12.0. The van der Waals surface area contributed by atoms with Gasteiger partial charge in [0, 0.05) is 11.6 Å². The zero-order chi connectivity index (χ0) is 21.1. The van der Waals surface area contributed by atoms with Crippen LogP contribution in [0.25, 0.3) is 12.2 Å². The summed E-state index contributed by atoms with van der Waals surface area (Å²) in [6, 6.07) is 0. The molecule has 0 aliphatic heterocycles. The monoisotopic (exact) mass is 444 g/mol. The molecule has 0 bridgehead atoms. The van der Waals surface area contributed by atoms with Gasteiger partial charge in [0.25, 0.3) is 20.2 Å². The van der Waals surface area contributed by atoms with Crippen molar-refractivity contribution in [1.82, 2.24) is 4.98 Å². The first-order valence-electron chi connectivity index (χ1n) is 8.27. The molecule has 0 amide bonds. The van der Waals surface area contributed by atoms with Gasteiger partial charge in [-0.25, -0.2) is 4.98 Å². The molecule has 2 aliphatic rings. The zero-order valence-electron chi connectivity index (χ0n) is 15.3. The number of nitrogens with zero attached hydrogens (tertiary/aromatic N) is 1. The van der Waals surface area contributed by atoms with Crippen molar-refractivity contribution in [1.29, 1.82) is 0 Å². The maximum Gasteiger partial charge on any atom is 0.296 e. The van der Waals surface area contributed by atoms with Crippen LogP contribution in [0.1, 0.15) is 31.7 Å². The van der Waals surface area contributed by atoms with E-state index < -0.39 is 30.9 Å². The molecule has 0 aromatic carbocycles. The summed E-state index contributed by atoms with van der Waals surface area (Å²) in [6.45, 7) is 4.84. The number of hydrogen-bond acceptors (Lipinski definition) is 7. The Bertz CT molecular complexity index is 1270. The van der Waals surface area contributed by atoms with Gasteiger partial charge in [0.05, 0.1) is 9.88 Å². The second-order valence-corrected chi connectivity index (χ2v) is 11.3. The highest BCUT2D eigenvalue weighted by atomic mass is 32.2. The molecule has 0 saturated heterocycles. The fourth-order valence-corrected chi connectivity index (χ4v) is 5.95. The number of hydrogen-bond donors (Lipinski definition) is 3. The first-order chi connectivity index (χ1) is 12.7. The summed E-state index contributed by atoms with van der Waals surface area (Å²) >= 11 is 1.20. The highest BCUT2D eigenvalue weighted by Crippen LogP contribution is 2.35. The van der Waals surface area contributed by atoms with Gasteiger partial charge in [0.15, 0.2) is 0 Å². The Kier molecular flexibility index (Phi) is 4.96. The number of aromatic nitrogens is 1. The van der Waals surface area contributed by atoms with E-state index in [1.54, 1.807) is 25.2 Å². The molecule has 0 spiro atoms. The third kappa shape index (κ3) is 3.48. The maximum atomic E-state index is 12.0. The quantitative estimate of drug-likeness (QED) is 0.576. The normalized spacial score (nSPS) is 28.1. The Morgan fingerprint density at radius 3 is 2.39 bits per heavy atom. The lowest BCUT2D eigenvalue weighted by Crippen LogP contribution is -2.36. The fourth-order valence-electron chi connectivity index (χ4n) is 3.15. The third-order valence-electron chi connectivity index (χ3n) is 5.10. The molecular weight excluding hydrogens is 424 g/mol. The standard InChI is InChI=1S/C17H20N2O6S3/c1-9-6-12(18)15(27(20,21)22)7-11(9)16-19-13-5-4-10(2)17(3,28(23,24)25)8-14(13)26-16/h4-9,11H,18H2,1-3H3,(H,20,21,22)(H,23,24,25). The molecule has 2 aliphatic carbocycles. The van der Waals surface area contributed by atoms with Crippen LogP contribution in [-0.2, 0) is 20.2 Å². The van der Waals surface area contributed by atoms with Gasteiger partial charge < -0.3 is 5.73 Å². The molecule has 152 valence electrons. The van der Waals surface area contributed by atoms with Crippen molar-refractivity contribution in [3.05, 3.63) is 49.3 Å². The van der Waals surface area contributed by atoms with Crippen molar-refractivity contribution in [3.8, 4) is 0 Å². The Morgan fingerprint density at radius 2 is 1.82 bits per heavy atom. The van der Waals surface area contributed by atoms with Crippen molar-refractivity contribution >= 4 is 43.7 Å². The van der Waals surface area contributed by atoms with Crippen LogP contribution in [0.15, 0.2) is 34.4 Å². The van der Waals surface area contributed by atoms with Gasteiger partial charge in [-0.1, -0.05) is 25.2 Å². The Balaban J connectivity index is 2.20. The molecule has 4 N–H and O–H groups in total. The van der Waals surface area contributed by atoms with Crippen molar-refractivity contribution < 1.29 is 25.9 Å². The van der Waals surface area contributed by atoms with Gasteiger partial charge >= 0.3 is 0 Å². The van der Waals surface area contributed by atoms with Gasteiger partial charge in [-0.15, -0.1) is 11.3 Å². The van der Waals surface area contributed by atoms with E-state index in [0.29, 0.717) is 20.5 Å². The van der Waals surface area contributed by atoms with E-state index in [1.165, 1.54) is 30.4 Å². The lowest BCUT2D eigenvalue weighted by Gasteiger charge is -2.23. The number of rotatable bonds is 3. The molecule has 3 rings (SSSR count). The van der Waals surface area contributed by atoms with E-state index in [2.05, 4.69) is 4.98 Å². The van der Waals surface area contributed by atoms with Crippen LogP contribution in [0.5, 0.6) is 0 Å². The molecule has 0 saturated carbocycles. The van der Waals surface area contributed by atoms with E-state index in [9.17, 15) is 25.9 Å². The summed E-state index contributed by atoms with van der Waals surface area (Å²) in [6.07, 6.45) is 7.58. The third-order valence-corrected chi connectivity index (χ3v) is 8.66. The zero-order valence-corrected chi connectivity index (χ0v) is 17.8. The average molecular weight is 445 g/mol. The molecule has 0 fully saturated rings.